The maximum atomic E-state index is 13.1. The Morgan fingerprint density at radius 2 is 1.95 bits per heavy atom. The lowest BCUT2D eigenvalue weighted by molar-refractivity contribution is 0.0978. The van der Waals surface area contributed by atoms with Crippen LogP contribution in [-0.2, 0) is 0 Å². The first kappa shape index (κ1) is 17.0. The summed E-state index contributed by atoms with van der Waals surface area (Å²) < 4.78 is 25.9. The van der Waals surface area contributed by atoms with Crippen LogP contribution in [0.3, 0.4) is 0 Å². The SMILES string of the molecule is O=C(CCCCCN1CCC[N]CC1)c1ccc(F)c(F)c1. The summed E-state index contributed by atoms with van der Waals surface area (Å²) in [7, 11) is 0. The largest absolute Gasteiger partial charge is 0.302 e. The number of halogens is 2. The van der Waals surface area contributed by atoms with Crippen LogP contribution in [0.5, 0.6) is 0 Å². The highest BCUT2D eigenvalue weighted by molar-refractivity contribution is 5.95. The zero-order valence-electron chi connectivity index (χ0n) is 12.9. The molecule has 22 heavy (non-hydrogen) atoms. The van der Waals surface area contributed by atoms with E-state index < -0.39 is 11.6 Å². The maximum Gasteiger partial charge on any atom is 0.162 e. The number of unbranched alkanes of at least 4 members (excludes halogenated alkanes) is 2. The number of nitrogens with zero attached hydrogens (tertiary/aromatic N) is 2. The molecule has 0 atom stereocenters. The van der Waals surface area contributed by atoms with Gasteiger partial charge in [0.25, 0.3) is 0 Å². The molecule has 121 valence electrons. The minimum absolute atomic E-state index is 0.118. The molecule has 2 rings (SSSR count). The number of ketones is 1. The van der Waals surface area contributed by atoms with Crippen LogP contribution in [0.25, 0.3) is 0 Å². The second-order valence-electron chi connectivity index (χ2n) is 5.73. The van der Waals surface area contributed by atoms with Crippen LogP contribution in [0.15, 0.2) is 18.2 Å². The molecule has 0 aliphatic carbocycles. The summed E-state index contributed by atoms with van der Waals surface area (Å²) >= 11 is 0. The normalized spacial score (nSPS) is 16.5. The second-order valence-corrected chi connectivity index (χ2v) is 5.73. The first-order valence-corrected chi connectivity index (χ1v) is 8.00. The Hall–Kier alpha value is -1.33. The minimum atomic E-state index is -0.961. The molecule has 1 heterocycles. The summed E-state index contributed by atoms with van der Waals surface area (Å²) in [5.74, 6) is -1.99. The summed E-state index contributed by atoms with van der Waals surface area (Å²) in [5, 5.41) is 4.39. The molecule has 0 N–H and O–H groups in total. The van der Waals surface area contributed by atoms with Gasteiger partial charge in [-0.15, -0.1) is 0 Å². The van der Waals surface area contributed by atoms with Crippen LogP contribution in [0, 0.1) is 11.6 Å². The number of carbonyl (C=O) groups excluding carboxylic acids is 1. The van der Waals surface area contributed by atoms with Gasteiger partial charge >= 0.3 is 0 Å². The highest BCUT2D eigenvalue weighted by atomic mass is 19.2. The fraction of sp³-hybridized carbons (Fsp3) is 0.588. The average molecular weight is 309 g/mol. The molecule has 1 fully saturated rings. The Morgan fingerprint density at radius 3 is 2.77 bits per heavy atom. The van der Waals surface area contributed by atoms with Crippen LogP contribution in [-0.4, -0.2) is 43.4 Å². The van der Waals surface area contributed by atoms with Crippen LogP contribution in [0.1, 0.15) is 42.5 Å². The molecule has 0 unspecified atom stereocenters. The van der Waals surface area contributed by atoms with E-state index in [0.29, 0.717) is 6.42 Å². The lowest BCUT2D eigenvalue weighted by atomic mass is 10.0. The number of carbonyl (C=O) groups is 1. The fourth-order valence-corrected chi connectivity index (χ4v) is 2.68. The first-order valence-electron chi connectivity index (χ1n) is 8.00. The maximum absolute atomic E-state index is 13.1. The highest BCUT2D eigenvalue weighted by Gasteiger charge is 2.11. The van der Waals surface area contributed by atoms with Crippen molar-refractivity contribution in [2.75, 3.05) is 32.7 Å². The second kappa shape index (κ2) is 8.96. The van der Waals surface area contributed by atoms with Crippen molar-refractivity contribution in [3.8, 4) is 0 Å². The number of rotatable bonds is 7. The number of hydrogen-bond acceptors (Lipinski definition) is 2. The first-order chi connectivity index (χ1) is 10.7. The summed E-state index contributed by atoms with van der Waals surface area (Å²) in [4.78, 5) is 14.3. The van der Waals surface area contributed by atoms with Crippen molar-refractivity contribution in [3.05, 3.63) is 35.4 Å². The van der Waals surface area contributed by atoms with Gasteiger partial charge in [0.2, 0.25) is 0 Å². The van der Waals surface area contributed by atoms with E-state index in [2.05, 4.69) is 10.2 Å². The van der Waals surface area contributed by atoms with Gasteiger partial charge in [0.05, 0.1) is 0 Å². The Balaban J connectivity index is 1.63. The van der Waals surface area contributed by atoms with Crippen molar-refractivity contribution in [1.29, 1.82) is 0 Å². The smallest absolute Gasteiger partial charge is 0.162 e. The van der Waals surface area contributed by atoms with Gasteiger partial charge in [-0.2, -0.15) is 0 Å². The van der Waals surface area contributed by atoms with E-state index in [0.717, 1.165) is 70.5 Å². The van der Waals surface area contributed by atoms with Gasteiger partial charge < -0.3 is 4.90 Å². The van der Waals surface area contributed by atoms with Crippen molar-refractivity contribution in [2.24, 2.45) is 0 Å². The summed E-state index contributed by atoms with van der Waals surface area (Å²) in [6.45, 7) is 5.09. The van der Waals surface area contributed by atoms with Crippen molar-refractivity contribution >= 4 is 5.78 Å². The van der Waals surface area contributed by atoms with Gasteiger partial charge in [0.15, 0.2) is 17.4 Å². The molecule has 1 aromatic carbocycles. The summed E-state index contributed by atoms with van der Waals surface area (Å²) in [5.41, 5.74) is 0.257. The molecule has 5 heteroatoms. The predicted molar refractivity (Wildman–Crippen MR) is 82.1 cm³/mol. The topological polar surface area (TPSA) is 34.4 Å². The van der Waals surface area contributed by atoms with Crippen LogP contribution in [0.2, 0.25) is 0 Å². The van der Waals surface area contributed by atoms with Crippen LogP contribution < -0.4 is 5.32 Å². The predicted octanol–water partition coefficient (Wildman–Crippen LogP) is 3.02. The third-order valence-corrected chi connectivity index (χ3v) is 3.98. The van der Waals surface area contributed by atoms with E-state index in [9.17, 15) is 13.6 Å². The van der Waals surface area contributed by atoms with E-state index >= 15 is 0 Å². The third kappa shape index (κ3) is 5.46. The monoisotopic (exact) mass is 309 g/mol. The number of Topliss-reactive ketones (excluding diaryl/α,β-unsaturated/α-hetero) is 1. The minimum Gasteiger partial charge on any atom is -0.302 e. The Bertz CT molecular complexity index is 486. The molecular formula is C17H23F2N2O. The van der Waals surface area contributed by atoms with Gasteiger partial charge in [-0.05, 0) is 50.6 Å². The highest BCUT2D eigenvalue weighted by Crippen LogP contribution is 2.13. The van der Waals surface area contributed by atoms with Gasteiger partial charge in [0.1, 0.15) is 0 Å². The quantitative estimate of drug-likeness (QED) is 0.573. The molecule has 0 saturated carbocycles. The fourth-order valence-electron chi connectivity index (χ4n) is 2.68. The van der Waals surface area contributed by atoms with Gasteiger partial charge in [-0.25, -0.2) is 14.1 Å². The molecule has 3 nitrogen and oxygen atoms in total. The van der Waals surface area contributed by atoms with E-state index in [1.807, 2.05) is 0 Å². The van der Waals surface area contributed by atoms with Crippen LogP contribution >= 0.6 is 0 Å². The van der Waals surface area contributed by atoms with Gasteiger partial charge in [-0.3, -0.25) is 4.79 Å². The Labute approximate surface area is 130 Å². The van der Waals surface area contributed by atoms with Crippen molar-refractivity contribution in [3.63, 3.8) is 0 Å². The molecule has 1 radical (unpaired) electrons. The van der Waals surface area contributed by atoms with Crippen molar-refractivity contribution in [1.82, 2.24) is 10.2 Å². The molecule has 0 aromatic heterocycles. The van der Waals surface area contributed by atoms with Gasteiger partial charge in [-0.1, -0.05) is 6.42 Å². The molecule has 1 aliphatic rings. The number of hydrogen-bond donors (Lipinski definition) is 0. The average Bonchev–Trinajstić information content (AvgIpc) is 2.78. The molecular weight excluding hydrogens is 286 g/mol. The third-order valence-electron chi connectivity index (χ3n) is 3.98. The molecule has 1 saturated heterocycles. The van der Waals surface area contributed by atoms with E-state index in [1.54, 1.807) is 0 Å². The summed E-state index contributed by atoms with van der Waals surface area (Å²) in [6.07, 6.45) is 4.35. The molecule has 1 aromatic rings. The lowest BCUT2D eigenvalue weighted by Gasteiger charge is -2.18. The van der Waals surface area contributed by atoms with E-state index in [4.69, 9.17) is 0 Å². The lowest BCUT2D eigenvalue weighted by Crippen LogP contribution is -2.28. The molecule has 1 aliphatic heterocycles. The number of benzene rings is 1. The summed E-state index contributed by atoms with van der Waals surface area (Å²) in [6, 6.07) is 3.34. The van der Waals surface area contributed by atoms with Crippen molar-refractivity contribution < 1.29 is 13.6 Å². The standard InChI is InChI=1S/C17H23F2N2O/c18-15-7-6-14(13-16(15)19)17(22)5-2-1-3-10-21-11-4-8-20-9-12-21/h6-7,13H,1-5,8-12H2. The van der Waals surface area contributed by atoms with Crippen LogP contribution in [0.4, 0.5) is 8.78 Å². The molecule has 0 amide bonds. The van der Waals surface area contributed by atoms with Crippen molar-refractivity contribution in [2.45, 2.75) is 32.1 Å². The Kier molecular flexibility index (Phi) is 6.93. The Morgan fingerprint density at radius 1 is 1.09 bits per heavy atom. The zero-order valence-corrected chi connectivity index (χ0v) is 12.9. The van der Waals surface area contributed by atoms with Gasteiger partial charge in [0, 0.05) is 31.6 Å². The van der Waals surface area contributed by atoms with E-state index in [-0.39, 0.29) is 11.3 Å². The molecule has 0 spiro atoms. The molecule has 0 bridgehead atoms. The van der Waals surface area contributed by atoms with E-state index in [1.165, 1.54) is 6.07 Å². The zero-order chi connectivity index (χ0) is 15.8.